The number of ketones is 1. The molecule has 6 aromatic rings. The summed E-state index contributed by atoms with van der Waals surface area (Å²) >= 11 is 0. The van der Waals surface area contributed by atoms with E-state index in [4.69, 9.17) is 0 Å². The summed E-state index contributed by atoms with van der Waals surface area (Å²) in [5, 5.41) is 0. The number of rotatable bonds is 6. The second-order valence-corrected chi connectivity index (χ2v) is 11.5. The summed E-state index contributed by atoms with van der Waals surface area (Å²) in [5.74, 6) is 0.104. The highest BCUT2D eigenvalue weighted by Crippen LogP contribution is 2.67. The molecule has 0 heterocycles. The lowest BCUT2D eigenvalue weighted by atomic mass is 9.67. The number of hydrogen-bond donors (Lipinski definition) is 0. The van der Waals surface area contributed by atoms with Gasteiger partial charge in [-0.1, -0.05) is 182 Å². The minimum Gasteiger partial charge on any atom is -0.292 e. The summed E-state index contributed by atoms with van der Waals surface area (Å²) < 4.78 is 0. The van der Waals surface area contributed by atoms with E-state index in [0.717, 1.165) is 66.8 Å². The van der Waals surface area contributed by atoms with Crippen LogP contribution in [0.4, 0.5) is 0 Å². The van der Waals surface area contributed by atoms with E-state index in [1.165, 1.54) is 0 Å². The summed E-state index contributed by atoms with van der Waals surface area (Å²) in [5.41, 5.74) is 11.1. The Labute approximate surface area is 264 Å². The Morgan fingerprint density at radius 1 is 0.289 bits per heavy atom. The first kappa shape index (κ1) is 26.8. The van der Waals surface area contributed by atoms with Gasteiger partial charge in [-0.2, -0.15) is 0 Å². The van der Waals surface area contributed by atoms with Gasteiger partial charge in [0.2, 0.25) is 0 Å². The summed E-state index contributed by atoms with van der Waals surface area (Å²) in [6.45, 7) is 0. The SMILES string of the molecule is O=C1C(c2ccccc2)=C(c2ccccc2)C2=C(c3ccccc3)C(c3ccccc3)=C(c3ccccc3)[C@]12c1ccccc1. The molecular formula is C44H30O. The van der Waals surface area contributed by atoms with Crippen LogP contribution >= 0.6 is 0 Å². The van der Waals surface area contributed by atoms with Gasteiger partial charge in [-0.05, 0) is 61.2 Å². The Morgan fingerprint density at radius 2 is 0.600 bits per heavy atom. The van der Waals surface area contributed by atoms with Gasteiger partial charge in [0.1, 0.15) is 5.41 Å². The van der Waals surface area contributed by atoms with Crippen molar-refractivity contribution in [3.63, 3.8) is 0 Å². The first-order valence-electron chi connectivity index (χ1n) is 15.4. The van der Waals surface area contributed by atoms with E-state index in [0.29, 0.717) is 0 Å². The molecule has 45 heavy (non-hydrogen) atoms. The average Bonchev–Trinajstić information content (AvgIpc) is 3.58. The molecule has 0 spiro atoms. The predicted molar refractivity (Wildman–Crippen MR) is 186 cm³/mol. The molecule has 2 aliphatic rings. The van der Waals surface area contributed by atoms with Crippen molar-refractivity contribution in [1.82, 2.24) is 0 Å². The Hall–Kier alpha value is -5.79. The zero-order valence-electron chi connectivity index (χ0n) is 24.7. The fraction of sp³-hybridized carbons (Fsp3) is 0.0227. The van der Waals surface area contributed by atoms with E-state index in [-0.39, 0.29) is 5.78 Å². The summed E-state index contributed by atoms with van der Waals surface area (Å²) in [6.07, 6.45) is 0. The molecule has 0 fully saturated rings. The van der Waals surface area contributed by atoms with Crippen LogP contribution in [0.15, 0.2) is 188 Å². The number of Topliss-reactive ketones (excluding diaryl/α,β-unsaturated/α-hetero) is 1. The predicted octanol–water partition coefficient (Wildman–Crippen LogP) is 10.2. The van der Waals surface area contributed by atoms with Crippen molar-refractivity contribution in [3.8, 4) is 0 Å². The molecule has 1 atom stereocenters. The summed E-state index contributed by atoms with van der Waals surface area (Å²) in [6, 6.07) is 62.8. The lowest BCUT2D eigenvalue weighted by Crippen LogP contribution is -2.34. The van der Waals surface area contributed by atoms with Gasteiger partial charge in [0, 0.05) is 5.57 Å². The second kappa shape index (κ2) is 11.0. The van der Waals surface area contributed by atoms with Crippen LogP contribution in [-0.2, 0) is 10.2 Å². The van der Waals surface area contributed by atoms with Crippen LogP contribution in [-0.4, -0.2) is 5.78 Å². The fourth-order valence-corrected chi connectivity index (χ4v) is 7.35. The molecule has 1 nitrogen and oxygen atoms in total. The molecule has 0 bridgehead atoms. The van der Waals surface area contributed by atoms with Crippen molar-refractivity contribution in [3.05, 3.63) is 221 Å². The van der Waals surface area contributed by atoms with Gasteiger partial charge in [-0.25, -0.2) is 0 Å². The average molecular weight is 575 g/mol. The molecule has 0 aromatic heterocycles. The van der Waals surface area contributed by atoms with E-state index in [1.807, 2.05) is 36.4 Å². The van der Waals surface area contributed by atoms with Crippen LogP contribution in [0.2, 0.25) is 0 Å². The molecular weight excluding hydrogens is 544 g/mol. The smallest absolute Gasteiger partial charge is 0.183 e. The molecule has 8 rings (SSSR count). The first-order chi connectivity index (χ1) is 22.3. The largest absolute Gasteiger partial charge is 0.292 e. The van der Waals surface area contributed by atoms with Crippen LogP contribution in [0.3, 0.4) is 0 Å². The standard InChI is InChI=1S/C44H30O/c45-43-40(34-25-13-4-14-26-34)39(33-23-11-3-12-24-33)42-38(32-21-9-2-10-22-32)37(31-19-7-1-8-20-31)41(35-27-15-5-16-28-35)44(42,43)36-29-17-6-18-30-36/h1-30H/t44-/m0/s1. The van der Waals surface area contributed by atoms with Gasteiger partial charge in [-0.3, -0.25) is 4.79 Å². The third-order valence-electron chi connectivity index (χ3n) is 9.09. The minimum absolute atomic E-state index is 0.104. The Balaban J connectivity index is 1.64. The Morgan fingerprint density at radius 3 is 1.02 bits per heavy atom. The molecule has 0 saturated carbocycles. The van der Waals surface area contributed by atoms with Gasteiger partial charge >= 0.3 is 0 Å². The summed E-state index contributed by atoms with van der Waals surface area (Å²) in [7, 11) is 0. The van der Waals surface area contributed by atoms with Crippen molar-refractivity contribution < 1.29 is 4.79 Å². The summed E-state index contributed by atoms with van der Waals surface area (Å²) in [4.78, 5) is 15.9. The topological polar surface area (TPSA) is 17.1 Å². The zero-order chi connectivity index (χ0) is 30.2. The molecule has 2 aliphatic carbocycles. The van der Waals surface area contributed by atoms with Gasteiger partial charge < -0.3 is 0 Å². The molecule has 0 amide bonds. The number of benzene rings is 6. The maximum absolute atomic E-state index is 15.9. The molecule has 0 radical (unpaired) electrons. The maximum Gasteiger partial charge on any atom is 0.183 e. The molecule has 1 heteroatoms. The fourth-order valence-electron chi connectivity index (χ4n) is 7.35. The normalized spacial score (nSPS) is 17.6. The van der Waals surface area contributed by atoms with E-state index in [2.05, 4.69) is 146 Å². The van der Waals surface area contributed by atoms with Crippen LogP contribution < -0.4 is 0 Å². The van der Waals surface area contributed by atoms with E-state index in [9.17, 15) is 0 Å². The van der Waals surface area contributed by atoms with Crippen LogP contribution in [0, 0.1) is 0 Å². The number of allylic oxidation sites excluding steroid dienone is 6. The highest BCUT2D eigenvalue weighted by atomic mass is 16.1. The maximum atomic E-state index is 15.9. The molecule has 0 unspecified atom stereocenters. The third kappa shape index (κ3) is 4.12. The zero-order valence-corrected chi connectivity index (χ0v) is 24.7. The minimum atomic E-state index is -1.07. The van der Waals surface area contributed by atoms with E-state index in [1.54, 1.807) is 0 Å². The lowest BCUT2D eigenvalue weighted by Gasteiger charge is -2.32. The molecule has 6 aromatic carbocycles. The van der Waals surface area contributed by atoms with Crippen LogP contribution in [0.5, 0.6) is 0 Å². The quantitative estimate of drug-likeness (QED) is 0.193. The Kier molecular flexibility index (Phi) is 6.58. The van der Waals surface area contributed by atoms with Crippen molar-refractivity contribution in [2.75, 3.05) is 0 Å². The Bertz CT molecular complexity index is 2110. The van der Waals surface area contributed by atoms with Gasteiger partial charge in [0.25, 0.3) is 0 Å². The van der Waals surface area contributed by atoms with Crippen molar-refractivity contribution in [2.45, 2.75) is 5.41 Å². The van der Waals surface area contributed by atoms with Gasteiger partial charge in [-0.15, -0.1) is 0 Å². The third-order valence-corrected chi connectivity index (χ3v) is 9.09. The number of carbonyl (C=O) groups excluding carboxylic acids is 1. The van der Waals surface area contributed by atoms with E-state index < -0.39 is 5.41 Å². The molecule has 0 aliphatic heterocycles. The van der Waals surface area contributed by atoms with Crippen molar-refractivity contribution in [1.29, 1.82) is 0 Å². The second-order valence-electron chi connectivity index (χ2n) is 11.5. The van der Waals surface area contributed by atoms with Crippen molar-refractivity contribution in [2.24, 2.45) is 0 Å². The molecule has 0 saturated heterocycles. The number of carbonyl (C=O) groups is 1. The van der Waals surface area contributed by atoms with Crippen LogP contribution in [0.1, 0.15) is 33.4 Å². The number of hydrogen-bond acceptors (Lipinski definition) is 1. The monoisotopic (exact) mass is 574 g/mol. The van der Waals surface area contributed by atoms with Crippen LogP contribution in [0.25, 0.3) is 27.9 Å². The highest BCUT2D eigenvalue weighted by molar-refractivity contribution is 6.49. The highest BCUT2D eigenvalue weighted by Gasteiger charge is 2.60. The lowest BCUT2D eigenvalue weighted by molar-refractivity contribution is -0.115. The van der Waals surface area contributed by atoms with Crippen molar-refractivity contribution >= 4 is 33.6 Å². The first-order valence-corrected chi connectivity index (χ1v) is 15.4. The number of fused-ring (bicyclic) bond motifs is 1. The molecule has 212 valence electrons. The van der Waals surface area contributed by atoms with Gasteiger partial charge in [0.05, 0.1) is 0 Å². The van der Waals surface area contributed by atoms with Gasteiger partial charge in [0.15, 0.2) is 5.78 Å². The van der Waals surface area contributed by atoms with E-state index >= 15 is 4.79 Å². The molecule has 0 N–H and O–H groups in total.